The van der Waals surface area contributed by atoms with Crippen molar-refractivity contribution in [1.82, 2.24) is 0 Å². The third-order valence-corrected chi connectivity index (χ3v) is 5.46. The summed E-state index contributed by atoms with van der Waals surface area (Å²) in [7, 11) is 0. The third kappa shape index (κ3) is 2.64. The van der Waals surface area contributed by atoms with E-state index in [2.05, 4.69) is 38.1 Å². The van der Waals surface area contributed by atoms with Crippen LogP contribution in [0.15, 0.2) is 24.3 Å². The smallest absolute Gasteiger partial charge is 0.0649 e. The zero-order chi connectivity index (χ0) is 14.3. The van der Waals surface area contributed by atoms with Crippen molar-refractivity contribution < 1.29 is 5.11 Å². The molecule has 1 aromatic rings. The Hall–Kier alpha value is -0.860. The lowest BCUT2D eigenvalue weighted by atomic mass is 9.83. The molecule has 2 aliphatic carbocycles. The summed E-state index contributed by atoms with van der Waals surface area (Å²) in [5, 5.41) is 10.7. The first kappa shape index (κ1) is 14.1. The molecule has 3 rings (SSSR count). The van der Waals surface area contributed by atoms with Crippen molar-refractivity contribution in [3.63, 3.8) is 0 Å². The summed E-state index contributed by atoms with van der Waals surface area (Å²) in [5.74, 6) is 2.94. The van der Waals surface area contributed by atoms with Crippen molar-refractivity contribution in [2.75, 3.05) is 6.54 Å². The summed E-state index contributed by atoms with van der Waals surface area (Å²) < 4.78 is 0. The molecule has 2 heteroatoms. The van der Waals surface area contributed by atoms with Crippen LogP contribution in [0.2, 0.25) is 0 Å². The fourth-order valence-corrected chi connectivity index (χ4v) is 3.97. The fraction of sp³-hybridized carbons (Fsp3) is 0.667. The van der Waals surface area contributed by atoms with Crippen LogP contribution < -0.4 is 5.73 Å². The van der Waals surface area contributed by atoms with Crippen LogP contribution in [0.5, 0.6) is 0 Å². The van der Waals surface area contributed by atoms with Crippen LogP contribution >= 0.6 is 0 Å². The second-order valence-electron chi connectivity index (χ2n) is 7.14. The summed E-state index contributed by atoms with van der Waals surface area (Å²) in [6.45, 7) is 4.94. The normalized spacial score (nSPS) is 31.1. The van der Waals surface area contributed by atoms with Gasteiger partial charge in [0.25, 0.3) is 0 Å². The van der Waals surface area contributed by atoms with Crippen LogP contribution in [-0.4, -0.2) is 17.8 Å². The number of rotatable bonds is 5. The van der Waals surface area contributed by atoms with Crippen molar-refractivity contribution in [2.45, 2.75) is 51.0 Å². The number of hydrogen-bond acceptors (Lipinski definition) is 2. The molecule has 0 saturated heterocycles. The summed E-state index contributed by atoms with van der Waals surface area (Å²) in [6.07, 6.45) is 3.57. The molecule has 0 heterocycles. The molecule has 2 aliphatic rings. The Morgan fingerprint density at radius 2 is 1.60 bits per heavy atom. The number of nitrogens with two attached hydrogens (primary N) is 1. The van der Waals surface area contributed by atoms with Gasteiger partial charge >= 0.3 is 0 Å². The van der Waals surface area contributed by atoms with Gasteiger partial charge in [-0.1, -0.05) is 38.1 Å². The van der Waals surface area contributed by atoms with Crippen LogP contribution in [0.25, 0.3) is 0 Å². The molecule has 20 heavy (non-hydrogen) atoms. The molecule has 2 fully saturated rings. The number of aliphatic hydroxyl groups is 1. The topological polar surface area (TPSA) is 46.2 Å². The number of aliphatic hydroxyl groups excluding tert-OH is 1. The first-order valence-corrected chi connectivity index (χ1v) is 8.08. The molecule has 0 radical (unpaired) electrons. The predicted molar refractivity (Wildman–Crippen MR) is 82.7 cm³/mol. The van der Waals surface area contributed by atoms with Crippen molar-refractivity contribution in [3.8, 4) is 0 Å². The Balaban J connectivity index is 1.71. The summed E-state index contributed by atoms with van der Waals surface area (Å²) in [6, 6.07) is 8.68. The maximum absolute atomic E-state index is 10.7. The van der Waals surface area contributed by atoms with Crippen molar-refractivity contribution in [2.24, 2.45) is 23.5 Å². The minimum atomic E-state index is -0.266. The quantitative estimate of drug-likeness (QED) is 0.865. The van der Waals surface area contributed by atoms with E-state index in [1.807, 2.05) is 0 Å². The van der Waals surface area contributed by atoms with Gasteiger partial charge in [-0.05, 0) is 54.1 Å². The van der Waals surface area contributed by atoms with Crippen molar-refractivity contribution >= 4 is 0 Å². The molecule has 2 saturated carbocycles. The Bertz CT molecular complexity index is 443. The molecule has 4 atom stereocenters. The highest BCUT2D eigenvalue weighted by Gasteiger charge is 2.48. The molecule has 4 unspecified atom stereocenters. The minimum absolute atomic E-state index is 0.0960. The van der Waals surface area contributed by atoms with Gasteiger partial charge in [0, 0.05) is 12.5 Å². The lowest BCUT2D eigenvalue weighted by Gasteiger charge is -2.28. The van der Waals surface area contributed by atoms with Crippen LogP contribution in [0, 0.1) is 17.8 Å². The first-order chi connectivity index (χ1) is 9.60. The molecule has 3 N–H and O–H groups in total. The standard InChI is InChI=1S/C18H27NO/c1-11(2)12-3-5-13(6-4-12)17(10-19)18(20)16-8-14-7-15(14)9-16/h3-6,11,14-18,20H,7-10,19H2,1-2H3. The van der Waals surface area contributed by atoms with Crippen molar-refractivity contribution in [1.29, 1.82) is 0 Å². The SMILES string of the molecule is CC(C)c1ccc(C(CN)C(O)C2CC3CC3C2)cc1. The molecular weight excluding hydrogens is 246 g/mol. The Morgan fingerprint density at radius 1 is 1.05 bits per heavy atom. The molecular formula is C18H27NO. The van der Waals surface area contributed by atoms with Crippen LogP contribution in [-0.2, 0) is 0 Å². The fourth-order valence-electron chi connectivity index (χ4n) is 3.97. The van der Waals surface area contributed by atoms with Gasteiger partial charge in [0.05, 0.1) is 6.10 Å². The Labute approximate surface area is 122 Å². The second kappa shape index (κ2) is 5.50. The van der Waals surface area contributed by atoms with Gasteiger partial charge in [-0.2, -0.15) is 0 Å². The summed E-state index contributed by atoms with van der Waals surface area (Å²) in [5.41, 5.74) is 8.50. The zero-order valence-electron chi connectivity index (χ0n) is 12.6. The van der Waals surface area contributed by atoms with Gasteiger partial charge in [0.2, 0.25) is 0 Å². The zero-order valence-corrected chi connectivity index (χ0v) is 12.6. The maximum atomic E-state index is 10.7. The van der Waals surface area contributed by atoms with Gasteiger partial charge < -0.3 is 10.8 Å². The average molecular weight is 273 g/mol. The molecule has 110 valence electrons. The first-order valence-electron chi connectivity index (χ1n) is 8.08. The summed E-state index contributed by atoms with van der Waals surface area (Å²) in [4.78, 5) is 0. The molecule has 2 nitrogen and oxygen atoms in total. The Morgan fingerprint density at radius 3 is 2.10 bits per heavy atom. The lowest BCUT2D eigenvalue weighted by Crippen LogP contribution is -2.32. The van der Waals surface area contributed by atoms with E-state index in [0.29, 0.717) is 18.4 Å². The minimum Gasteiger partial charge on any atom is -0.392 e. The predicted octanol–water partition coefficient (Wildman–Crippen LogP) is 3.26. The maximum Gasteiger partial charge on any atom is 0.0649 e. The highest BCUT2D eigenvalue weighted by Crippen LogP contribution is 2.56. The Kier molecular flexibility index (Phi) is 3.87. The van der Waals surface area contributed by atoms with E-state index in [4.69, 9.17) is 5.73 Å². The molecule has 0 bridgehead atoms. The van der Waals surface area contributed by atoms with Gasteiger partial charge in [0.15, 0.2) is 0 Å². The van der Waals surface area contributed by atoms with Crippen LogP contribution in [0.4, 0.5) is 0 Å². The van der Waals surface area contributed by atoms with Crippen molar-refractivity contribution in [3.05, 3.63) is 35.4 Å². The molecule has 0 amide bonds. The van der Waals surface area contributed by atoms with Gasteiger partial charge in [-0.25, -0.2) is 0 Å². The number of benzene rings is 1. The van der Waals surface area contributed by atoms with E-state index in [-0.39, 0.29) is 12.0 Å². The molecule has 0 spiro atoms. The van der Waals surface area contributed by atoms with Crippen LogP contribution in [0.3, 0.4) is 0 Å². The van der Waals surface area contributed by atoms with E-state index >= 15 is 0 Å². The van der Waals surface area contributed by atoms with E-state index < -0.39 is 0 Å². The second-order valence-corrected chi connectivity index (χ2v) is 7.14. The average Bonchev–Trinajstić information content (AvgIpc) is 3.06. The lowest BCUT2D eigenvalue weighted by molar-refractivity contribution is 0.0790. The highest BCUT2D eigenvalue weighted by molar-refractivity contribution is 5.28. The van der Waals surface area contributed by atoms with E-state index in [0.717, 1.165) is 11.8 Å². The van der Waals surface area contributed by atoms with Gasteiger partial charge in [-0.15, -0.1) is 0 Å². The third-order valence-electron chi connectivity index (χ3n) is 5.46. The van der Waals surface area contributed by atoms with E-state index in [1.165, 1.54) is 30.4 Å². The molecule has 1 aromatic carbocycles. The monoisotopic (exact) mass is 273 g/mol. The molecule has 0 aromatic heterocycles. The number of hydrogen-bond donors (Lipinski definition) is 2. The van der Waals surface area contributed by atoms with Crippen LogP contribution in [0.1, 0.15) is 56.1 Å². The summed E-state index contributed by atoms with van der Waals surface area (Å²) >= 11 is 0. The number of fused-ring (bicyclic) bond motifs is 1. The molecule has 0 aliphatic heterocycles. The largest absolute Gasteiger partial charge is 0.392 e. The van der Waals surface area contributed by atoms with Gasteiger partial charge in [0.1, 0.15) is 0 Å². The van der Waals surface area contributed by atoms with Gasteiger partial charge in [-0.3, -0.25) is 0 Å². The van der Waals surface area contributed by atoms with E-state index in [1.54, 1.807) is 0 Å². The van der Waals surface area contributed by atoms with E-state index in [9.17, 15) is 5.11 Å². The highest BCUT2D eigenvalue weighted by atomic mass is 16.3.